The van der Waals surface area contributed by atoms with Crippen LogP contribution >= 0.6 is 0 Å². The second-order valence-electron chi connectivity index (χ2n) is 14.5. The maximum atomic E-state index is 14.7. The van der Waals surface area contributed by atoms with E-state index in [1.54, 1.807) is 66.7 Å². The number of esters is 1. The van der Waals surface area contributed by atoms with E-state index in [1.165, 1.54) is 4.90 Å². The van der Waals surface area contributed by atoms with Crippen LogP contribution in [-0.2, 0) is 30.3 Å². The van der Waals surface area contributed by atoms with E-state index in [0.29, 0.717) is 24.8 Å². The van der Waals surface area contributed by atoms with E-state index in [4.69, 9.17) is 9.47 Å². The maximum absolute atomic E-state index is 14.7. The molecule has 10 heteroatoms. The number of carbonyl (C=O) groups excluding carboxylic acids is 4. The van der Waals surface area contributed by atoms with Gasteiger partial charge in [-0.25, -0.2) is 9.59 Å². The summed E-state index contributed by atoms with van der Waals surface area (Å²) in [6.07, 6.45) is 2.11. The highest BCUT2D eigenvalue weighted by molar-refractivity contribution is 5.94. The van der Waals surface area contributed by atoms with Crippen LogP contribution in [0.2, 0.25) is 0 Å². The monoisotopic (exact) mass is 651 g/mol. The molecule has 2 aromatic rings. The van der Waals surface area contributed by atoms with Gasteiger partial charge in [-0.2, -0.15) is 0 Å². The van der Waals surface area contributed by atoms with Crippen molar-refractivity contribution in [3.63, 3.8) is 0 Å². The Kier molecular flexibility index (Phi) is 12.5. The van der Waals surface area contributed by atoms with Gasteiger partial charge >= 0.3 is 12.1 Å². The molecule has 3 amide bonds. The molecule has 1 aliphatic rings. The van der Waals surface area contributed by atoms with Crippen LogP contribution in [0, 0.1) is 12.8 Å². The standard InChI is InChI=1S/C37H53N3O7/c1-10-23(2)29(39-35(45)47-37(7,8)9)33(43)40(26-19-15-20-26)30(27-21-14-16-24(3)31(27)41)32(42)38-28(34(44)46-36(4,5)6)22-25-17-12-11-13-18-25/h11-14,16-18,21,23,26,28-30,41H,10,15,19-20,22H2,1-9H3,(H,38,42)(H,39,45). The highest BCUT2D eigenvalue weighted by atomic mass is 16.6. The number of nitrogens with one attached hydrogen (secondary N) is 2. The predicted molar refractivity (Wildman–Crippen MR) is 181 cm³/mol. The molecule has 1 saturated carbocycles. The Morgan fingerprint density at radius 1 is 0.915 bits per heavy atom. The lowest BCUT2D eigenvalue weighted by Gasteiger charge is -2.44. The Labute approximate surface area is 279 Å². The van der Waals surface area contributed by atoms with Crippen LogP contribution in [0.25, 0.3) is 0 Å². The molecule has 1 aliphatic carbocycles. The summed E-state index contributed by atoms with van der Waals surface area (Å²) in [6, 6.07) is 10.6. The largest absolute Gasteiger partial charge is 0.507 e. The Morgan fingerprint density at radius 2 is 1.53 bits per heavy atom. The molecule has 2 aromatic carbocycles. The number of para-hydroxylation sites is 1. The second kappa shape index (κ2) is 15.7. The fourth-order valence-corrected chi connectivity index (χ4v) is 5.45. The van der Waals surface area contributed by atoms with Crippen LogP contribution in [-0.4, -0.2) is 63.2 Å². The Morgan fingerprint density at radius 3 is 2.06 bits per heavy atom. The Bertz CT molecular complexity index is 1390. The van der Waals surface area contributed by atoms with Crippen molar-refractivity contribution < 1.29 is 33.8 Å². The lowest BCUT2D eigenvalue weighted by molar-refractivity contribution is -0.159. The third-order valence-corrected chi connectivity index (χ3v) is 8.25. The number of carbonyl (C=O) groups is 4. The third-order valence-electron chi connectivity index (χ3n) is 8.25. The van der Waals surface area contributed by atoms with Crippen molar-refractivity contribution in [2.24, 2.45) is 5.92 Å². The zero-order chi connectivity index (χ0) is 35.1. The van der Waals surface area contributed by atoms with Crippen LogP contribution in [0.1, 0.15) is 104 Å². The summed E-state index contributed by atoms with van der Waals surface area (Å²) in [5.74, 6) is -2.15. The molecule has 0 spiro atoms. The molecular weight excluding hydrogens is 598 g/mol. The van der Waals surface area contributed by atoms with Gasteiger partial charge in [0.1, 0.15) is 35.1 Å². The van der Waals surface area contributed by atoms with Gasteiger partial charge in [0.2, 0.25) is 11.8 Å². The van der Waals surface area contributed by atoms with E-state index in [0.717, 1.165) is 12.0 Å². The van der Waals surface area contributed by atoms with E-state index in [2.05, 4.69) is 10.6 Å². The van der Waals surface area contributed by atoms with E-state index >= 15 is 0 Å². The molecule has 10 nitrogen and oxygen atoms in total. The van der Waals surface area contributed by atoms with Gasteiger partial charge in [0.25, 0.3) is 0 Å². The summed E-state index contributed by atoms with van der Waals surface area (Å²) in [6.45, 7) is 16.0. The minimum absolute atomic E-state index is 0.123. The van der Waals surface area contributed by atoms with Crippen LogP contribution in [0.4, 0.5) is 4.79 Å². The number of phenols is 1. The fourth-order valence-electron chi connectivity index (χ4n) is 5.45. The minimum Gasteiger partial charge on any atom is -0.507 e. The number of rotatable bonds is 12. The average Bonchev–Trinajstić information content (AvgIpc) is 2.94. The quantitative estimate of drug-likeness (QED) is 0.235. The van der Waals surface area contributed by atoms with Gasteiger partial charge in [-0.1, -0.05) is 68.8 Å². The number of ether oxygens (including phenoxy) is 2. The topological polar surface area (TPSA) is 134 Å². The van der Waals surface area contributed by atoms with Crippen molar-refractivity contribution in [3.05, 3.63) is 65.2 Å². The average molecular weight is 652 g/mol. The second-order valence-corrected chi connectivity index (χ2v) is 14.5. The van der Waals surface area contributed by atoms with Gasteiger partial charge < -0.3 is 30.1 Å². The molecule has 0 aromatic heterocycles. The van der Waals surface area contributed by atoms with E-state index < -0.39 is 53.2 Å². The smallest absolute Gasteiger partial charge is 0.408 e. The minimum atomic E-state index is -1.31. The van der Waals surface area contributed by atoms with Crippen molar-refractivity contribution >= 4 is 23.9 Å². The van der Waals surface area contributed by atoms with E-state index in [-0.39, 0.29) is 29.7 Å². The first-order valence-electron chi connectivity index (χ1n) is 16.6. The summed E-state index contributed by atoms with van der Waals surface area (Å²) >= 11 is 0. The molecule has 4 unspecified atom stereocenters. The van der Waals surface area contributed by atoms with E-state index in [9.17, 15) is 24.3 Å². The molecule has 47 heavy (non-hydrogen) atoms. The summed E-state index contributed by atoms with van der Waals surface area (Å²) in [5.41, 5.74) is -0.0315. The molecular formula is C37H53N3O7. The third kappa shape index (κ3) is 10.5. The zero-order valence-electron chi connectivity index (χ0n) is 29.4. The van der Waals surface area contributed by atoms with Crippen LogP contribution in [0.5, 0.6) is 5.75 Å². The summed E-state index contributed by atoms with van der Waals surface area (Å²) in [4.78, 5) is 57.3. The highest BCUT2D eigenvalue weighted by Crippen LogP contribution is 2.38. The molecule has 0 radical (unpaired) electrons. The number of phenolic OH excluding ortho intramolecular Hbond substituents is 1. The summed E-state index contributed by atoms with van der Waals surface area (Å²) < 4.78 is 11.2. The number of hydrogen-bond acceptors (Lipinski definition) is 7. The molecule has 0 bridgehead atoms. The number of aryl methyl sites for hydroxylation is 1. The molecule has 1 fully saturated rings. The van der Waals surface area contributed by atoms with Crippen LogP contribution < -0.4 is 10.6 Å². The zero-order valence-corrected chi connectivity index (χ0v) is 29.4. The number of alkyl carbamates (subject to hydrolysis) is 1. The lowest BCUT2D eigenvalue weighted by Crippen LogP contribution is -2.60. The van der Waals surface area contributed by atoms with Crippen molar-refractivity contribution in [2.75, 3.05) is 0 Å². The number of nitrogens with zero attached hydrogens (tertiary/aromatic N) is 1. The molecule has 3 N–H and O–H groups in total. The molecule has 3 rings (SSSR count). The first kappa shape index (κ1) is 37.4. The Hall–Kier alpha value is -4.08. The van der Waals surface area contributed by atoms with Crippen LogP contribution in [0.15, 0.2) is 48.5 Å². The van der Waals surface area contributed by atoms with Gasteiger partial charge in [0, 0.05) is 18.0 Å². The molecule has 4 atom stereocenters. The predicted octanol–water partition coefficient (Wildman–Crippen LogP) is 6.13. The first-order valence-corrected chi connectivity index (χ1v) is 16.6. The number of benzene rings is 2. The molecule has 0 aliphatic heterocycles. The van der Waals surface area contributed by atoms with Crippen molar-refractivity contribution in [2.45, 2.75) is 130 Å². The number of amides is 3. The van der Waals surface area contributed by atoms with Gasteiger partial charge in [-0.15, -0.1) is 0 Å². The SMILES string of the molecule is CCC(C)C(NC(=O)OC(C)(C)C)C(=O)N(C1CCC1)C(C(=O)NC(Cc1ccccc1)C(=O)OC(C)(C)C)c1cccc(C)c1O. The summed E-state index contributed by atoms with van der Waals surface area (Å²) in [7, 11) is 0. The molecule has 0 heterocycles. The van der Waals surface area contributed by atoms with Crippen molar-refractivity contribution in [1.82, 2.24) is 15.5 Å². The fraction of sp³-hybridized carbons (Fsp3) is 0.568. The van der Waals surface area contributed by atoms with E-state index in [1.807, 2.05) is 44.2 Å². The van der Waals surface area contributed by atoms with Gasteiger partial charge in [-0.3, -0.25) is 9.59 Å². The lowest BCUT2D eigenvalue weighted by atomic mass is 9.86. The normalized spacial score (nSPS) is 16.1. The summed E-state index contributed by atoms with van der Waals surface area (Å²) in [5, 5.41) is 17.0. The van der Waals surface area contributed by atoms with Crippen LogP contribution in [0.3, 0.4) is 0 Å². The van der Waals surface area contributed by atoms with Gasteiger partial charge in [0.05, 0.1) is 0 Å². The number of aromatic hydroxyl groups is 1. The molecule has 258 valence electrons. The van der Waals surface area contributed by atoms with Gasteiger partial charge in [0.15, 0.2) is 0 Å². The first-order chi connectivity index (χ1) is 21.9. The van der Waals surface area contributed by atoms with Crippen molar-refractivity contribution in [1.29, 1.82) is 0 Å². The number of hydrogen-bond donors (Lipinski definition) is 3. The van der Waals surface area contributed by atoms with Crippen molar-refractivity contribution in [3.8, 4) is 5.75 Å². The van der Waals surface area contributed by atoms with Gasteiger partial charge in [-0.05, 0) is 84.8 Å². The maximum Gasteiger partial charge on any atom is 0.408 e. The molecule has 0 saturated heterocycles. The Balaban J connectivity index is 2.12. The highest BCUT2D eigenvalue weighted by Gasteiger charge is 2.45.